The molecular formula is C9H21NO2. The maximum atomic E-state index is 5.63. The van der Waals surface area contributed by atoms with Crippen LogP contribution in [0.4, 0.5) is 0 Å². The number of hydrogen-bond acceptors (Lipinski definition) is 3. The van der Waals surface area contributed by atoms with Crippen LogP contribution in [0.3, 0.4) is 0 Å². The van der Waals surface area contributed by atoms with Gasteiger partial charge in [0.15, 0.2) is 0 Å². The molecule has 0 bridgehead atoms. The van der Waals surface area contributed by atoms with Crippen LogP contribution in [-0.2, 0) is 9.47 Å². The van der Waals surface area contributed by atoms with Crippen molar-refractivity contribution < 1.29 is 9.47 Å². The minimum absolute atomic E-state index is 0.0626. The van der Waals surface area contributed by atoms with E-state index in [4.69, 9.17) is 9.47 Å². The second kappa shape index (κ2) is 6.40. The third kappa shape index (κ3) is 6.58. The zero-order chi connectivity index (χ0) is 9.45. The fraction of sp³-hybridized carbons (Fsp3) is 1.00. The van der Waals surface area contributed by atoms with Crippen molar-refractivity contribution in [3.05, 3.63) is 0 Å². The summed E-state index contributed by atoms with van der Waals surface area (Å²) >= 11 is 0. The van der Waals surface area contributed by atoms with E-state index < -0.39 is 0 Å². The summed E-state index contributed by atoms with van der Waals surface area (Å²) in [6.45, 7) is 6.58. The normalized spacial score (nSPS) is 12.0. The molecule has 0 aliphatic carbocycles. The Kier molecular flexibility index (Phi) is 6.34. The lowest BCUT2D eigenvalue weighted by atomic mass is 10.1. The molecule has 0 spiro atoms. The van der Waals surface area contributed by atoms with Crippen LogP contribution in [-0.4, -0.2) is 39.5 Å². The molecular weight excluding hydrogens is 154 g/mol. The zero-order valence-electron chi connectivity index (χ0n) is 8.64. The lowest BCUT2D eigenvalue weighted by Gasteiger charge is -2.24. The first-order chi connectivity index (χ1) is 5.62. The first-order valence-electron chi connectivity index (χ1n) is 4.40. The van der Waals surface area contributed by atoms with E-state index >= 15 is 0 Å². The highest BCUT2D eigenvalue weighted by molar-refractivity contribution is 4.67. The van der Waals surface area contributed by atoms with Gasteiger partial charge in [-0.05, 0) is 27.3 Å². The van der Waals surface area contributed by atoms with Gasteiger partial charge in [0.05, 0.1) is 12.2 Å². The molecule has 0 aromatic rings. The summed E-state index contributed by atoms with van der Waals surface area (Å²) < 4.78 is 10.6. The summed E-state index contributed by atoms with van der Waals surface area (Å²) in [6.07, 6.45) is 0.938. The molecule has 0 atom stereocenters. The van der Waals surface area contributed by atoms with Crippen molar-refractivity contribution in [1.82, 2.24) is 5.32 Å². The monoisotopic (exact) mass is 175 g/mol. The fourth-order valence-corrected chi connectivity index (χ4v) is 0.849. The summed E-state index contributed by atoms with van der Waals surface area (Å²) in [6, 6.07) is 0. The molecule has 0 unspecified atom stereocenters. The molecule has 0 amide bonds. The van der Waals surface area contributed by atoms with Crippen molar-refractivity contribution in [2.45, 2.75) is 25.9 Å². The van der Waals surface area contributed by atoms with E-state index in [0.29, 0.717) is 0 Å². The second-order valence-electron chi connectivity index (χ2n) is 3.45. The quantitative estimate of drug-likeness (QED) is 0.586. The van der Waals surface area contributed by atoms with Gasteiger partial charge in [-0.1, -0.05) is 0 Å². The summed E-state index contributed by atoms with van der Waals surface area (Å²) in [7, 11) is 3.63. The lowest BCUT2D eigenvalue weighted by molar-refractivity contribution is -0.0342. The Morgan fingerprint density at radius 2 is 1.92 bits per heavy atom. The van der Waals surface area contributed by atoms with Gasteiger partial charge in [0.2, 0.25) is 0 Å². The highest BCUT2D eigenvalue weighted by atomic mass is 16.5. The van der Waals surface area contributed by atoms with E-state index in [1.807, 2.05) is 7.05 Å². The topological polar surface area (TPSA) is 30.5 Å². The largest absolute Gasteiger partial charge is 0.385 e. The summed E-state index contributed by atoms with van der Waals surface area (Å²) in [5.41, 5.74) is -0.0626. The van der Waals surface area contributed by atoms with E-state index in [-0.39, 0.29) is 5.60 Å². The Morgan fingerprint density at radius 1 is 1.25 bits per heavy atom. The smallest absolute Gasteiger partial charge is 0.0649 e. The van der Waals surface area contributed by atoms with Crippen LogP contribution >= 0.6 is 0 Å². The van der Waals surface area contributed by atoms with E-state index in [1.165, 1.54) is 0 Å². The molecule has 0 saturated heterocycles. The molecule has 3 heteroatoms. The van der Waals surface area contributed by atoms with Gasteiger partial charge in [-0.25, -0.2) is 0 Å². The van der Waals surface area contributed by atoms with Gasteiger partial charge in [0, 0.05) is 20.3 Å². The van der Waals surface area contributed by atoms with Crippen molar-refractivity contribution in [3.63, 3.8) is 0 Å². The van der Waals surface area contributed by atoms with Crippen LogP contribution in [0.5, 0.6) is 0 Å². The minimum atomic E-state index is -0.0626. The zero-order valence-corrected chi connectivity index (χ0v) is 8.64. The van der Waals surface area contributed by atoms with Gasteiger partial charge in [0.25, 0.3) is 0 Å². The van der Waals surface area contributed by atoms with Crippen molar-refractivity contribution in [3.8, 4) is 0 Å². The number of likely N-dealkylation sites (N-methyl/N-ethyl adjacent to an activating group) is 1. The molecule has 0 fully saturated rings. The molecule has 74 valence electrons. The third-order valence-corrected chi connectivity index (χ3v) is 1.75. The molecule has 0 radical (unpaired) electrons. The van der Waals surface area contributed by atoms with Gasteiger partial charge in [-0.3, -0.25) is 0 Å². The molecule has 0 aliphatic heterocycles. The molecule has 0 aromatic heterocycles. The summed E-state index contributed by atoms with van der Waals surface area (Å²) in [5.74, 6) is 0. The van der Waals surface area contributed by atoms with Gasteiger partial charge >= 0.3 is 0 Å². The minimum Gasteiger partial charge on any atom is -0.385 e. The Morgan fingerprint density at radius 3 is 2.42 bits per heavy atom. The molecule has 1 N–H and O–H groups in total. The van der Waals surface area contributed by atoms with Crippen molar-refractivity contribution in [1.29, 1.82) is 0 Å². The van der Waals surface area contributed by atoms with Gasteiger partial charge < -0.3 is 14.8 Å². The second-order valence-corrected chi connectivity index (χ2v) is 3.45. The van der Waals surface area contributed by atoms with Crippen LogP contribution in [0.1, 0.15) is 20.3 Å². The number of hydrogen-bond donors (Lipinski definition) is 1. The number of nitrogens with one attached hydrogen (secondary N) is 1. The van der Waals surface area contributed by atoms with Gasteiger partial charge in [0.1, 0.15) is 0 Å². The molecule has 0 aromatic carbocycles. The highest BCUT2D eigenvalue weighted by Crippen LogP contribution is 2.13. The molecule has 0 heterocycles. The number of rotatable bonds is 7. The molecule has 0 rings (SSSR count). The number of methoxy groups -OCH3 is 1. The Balaban J connectivity index is 3.42. The van der Waals surface area contributed by atoms with Crippen LogP contribution in [0.25, 0.3) is 0 Å². The van der Waals surface area contributed by atoms with Gasteiger partial charge in [-0.15, -0.1) is 0 Å². The Labute approximate surface area is 75.4 Å². The Bertz CT molecular complexity index is 105. The molecule has 0 aliphatic rings. The third-order valence-electron chi connectivity index (χ3n) is 1.75. The first kappa shape index (κ1) is 11.9. The molecule has 0 saturated carbocycles. The average Bonchev–Trinajstić information content (AvgIpc) is 2.01. The van der Waals surface area contributed by atoms with E-state index in [0.717, 1.165) is 26.2 Å². The predicted molar refractivity (Wildman–Crippen MR) is 50.5 cm³/mol. The molecule has 12 heavy (non-hydrogen) atoms. The summed E-state index contributed by atoms with van der Waals surface area (Å²) in [5, 5.41) is 3.04. The van der Waals surface area contributed by atoms with E-state index in [1.54, 1.807) is 7.11 Å². The van der Waals surface area contributed by atoms with Crippen LogP contribution in [0.2, 0.25) is 0 Å². The van der Waals surface area contributed by atoms with Crippen LogP contribution in [0.15, 0.2) is 0 Å². The standard InChI is InChI=1S/C9H21NO2/c1-9(2,5-7-11-4)12-8-6-10-3/h10H,5-8H2,1-4H3. The van der Waals surface area contributed by atoms with Crippen molar-refractivity contribution in [2.24, 2.45) is 0 Å². The van der Waals surface area contributed by atoms with Crippen molar-refractivity contribution >= 4 is 0 Å². The van der Waals surface area contributed by atoms with Crippen LogP contribution < -0.4 is 5.32 Å². The first-order valence-corrected chi connectivity index (χ1v) is 4.40. The van der Waals surface area contributed by atoms with E-state index in [9.17, 15) is 0 Å². The SMILES string of the molecule is CNCCOC(C)(C)CCOC. The summed E-state index contributed by atoms with van der Waals surface area (Å²) in [4.78, 5) is 0. The fourth-order valence-electron chi connectivity index (χ4n) is 0.849. The maximum absolute atomic E-state index is 5.63. The van der Waals surface area contributed by atoms with Gasteiger partial charge in [-0.2, -0.15) is 0 Å². The molecule has 3 nitrogen and oxygen atoms in total. The Hall–Kier alpha value is -0.120. The maximum Gasteiger partial charge on any atom is 0.0649 e. The average molecular weight is 175 g/mol. The highest BCUT2D eigenvalue weighted by Gasteiger charge is 2.16. The predicted octanol–water partition coefficient (Wildman–Crippen LogP) is 1.04. The number of ether oxygens (including phenoxy) is 2. The van der Waals surface area contributed by atoms with Crippen LogP contribution in [0, 0.1) is 0 Å². The lowest BCUT2D eigenvalue weighted by Crippen LogP contribution is -2.29. The van der Waals surface area contributed by atoms with Crippen molar-refractivity contribution in [2.75, 3.05) is 33.9 Å². The van der Waals surface area contributed by atoms with E-state index in [2.05, 4.69) is 19.2 Å².